The van der Waals surface area contributed by atoms with E-state index in [0.29, 0.717) is 56.9 Å². The Balaban J connectivity index is 0.00000504. The molecule has 0 unspecified atom stereocenters. The molecular weight excluding hydrogens is 713 g/mol. The van der Waals surface area contributed by atoms with Gasteiger partial charge in [-0.15, -0.1) is 11.3 Å². The van der Waals surface area contributed by atoms with Crippen molar-refractivity contribution in [2.75, 3.05) is 34.4 Å². The number of likely N-dealkylation sites (tertiary alicyclic amines) is 1. The van der Waals surface area contributed by atoms with Crippen LogP contribution in [-0.2, 0) is 32.6 Å². The number of H-pyrrole nitrogens is 1. The van der Waals surface area contributed by atoms with E-state index >= 15 is 0 Å². The molecule has 1 saturated carbocycles. The number of rotatable bonds is 13. The van der Waals surface area contributed by atoms with Gasteiger partial charge in [0.2, 0.25) is 0 Å². The number of aromatic nitrogens is 1. The summed E-state index contributed by atoms with van der Waals surface area (Å²) in [6.45, 7) is 2.42. The molecule has 2 aliphatic rings. The number of aromatic amines is 1. The molecule has 0 radical (unpaired) electrons. The molecule has 272 valence electrons. The van der Waals surface area contributed by atoms with Crippen molar-refractivity contribution in [2.24, 2.45) is 0 Å². The first-order valence-corrected chi connectivity index (χ1v) is 18.3. The monoisotopic (exact) mass is 755 g/mol. The maximum atomic E-state index is 13.7. The highest BCUT2D eigenvalue weighted by atomic mass is 35.5. The molecule has 4 aromatic rings. The zero-order valence-electron chi connectivity index (χ0n) is 28.8. The van der Waals surface area contributed by atoms with E-state index in [1.165, 1.54) is 11.3 Å². The molecule has 51 heavy (non-hydrogen) atoms. The van der Waals surface area contributed by atoms with Crippen molar-refractivity contribution in [3.05, 3.63) is 110 Å². The van der Waals surface area contributed by atoms with Crippen molar-refractivity contribution in [1.29, 1.82) is 0 Å². The van der Waals surface area contributed by atoms with Gasteiger partial charge in [0.1, 0.15) is 27.1 Å². The second-order valence-corrected chi connectivity index (χ2v) is 14.9. The first kappa shape index (κ1) is 38.5. The van der Waals surface area contributed by atoms with Crippen molar-refractivity contribution >= 4 is 46.5 Å². The molecular formula is C38H43Cl2N3O7S. The van der Waals surface area contributed by atoms with Crippen molar-refractivity contribution in [2.45, 2.75) is 62.3 Å². The second kappa shape index (κ2) is 17.2. The maximum Gasteiger partial charge on any atom is 0.348 e. The summed E-state index contributed by atoms with van der Waals surface area (Å²) in [7, 11) is 5.21. The molecule has 10 nitrogen and oxygen atoms in total. The van der Waals surface area contributed by atoms with Crippen molar-refractivity contribution < 1.29 is 39.0 Å². The second-order valence-electron chi connectivity index (χ2n) is 13.0. The number of piperidine rings is 1. The van der Waals surface area contributed by atoms with Gasteiger partial charge in [-0.3, -0.25) is 4.79 Å². The Labute approximate surface area is 312 Å². The Morgan fingerprint density at radius 3 is 2.33 bits per heavy atom. The van der Waals surface area contributed by atoms with Gasteiger partial charge < -0.3 is 34.6 Å². The fraction of sp³-hybridized carbons (Fsp3) is 0.395. The van der Waals surface area contributed by atoms with Crippen LogP contribution >= 0.6 is 34.5 Å². The molecule has 2 aromatic carbocycles. The maximum absolute atomic E-state index is 13.7. The number of ether oxygens (including phenoxy) is 4. The Bertz CT molecular complexity index is 1770. The van der Waals surface area contributed by atoms with Gasteiger partial charge in [0, 0.05) is 42.5 Å². The zero-order chi connectivity index (χ0) is 35.3. The number of nitrogens with one attached hydrogen (secondary N) is 2. The number of hydrogen-bond acceptors (Lipinski definition) is 10. The number of carbonyl (C=O) groups excluding carboxylic acids is 2. The van der Waals surface area contributed by atoms with Gasteiger partial charge in [-0.2, -0.15) is 0 Å². The predicted molar refractivity (Wildman–Crippen MR) is 195 cm³/mol. The summed E-state index contributed by atoms with van der Waals surface area (Å²) in [5.41, 5.74) is 1.69. The quantitative estimate of drug-likeness (QED) is 0.149. The Morgan fingerprint density at radius 1 is 0.980 bits per heavy atom. The normalized spacial score (nSPS) is 19.7. The number of pyridine rings is 1. The van der Waals surface area contributed by atoms with Gasteiger partial charge in [-0.05, 0) is 68.1 Å². The first-order chi connectivity index (χ1) is 24.2. The van der Waals surface area contributed by atoms with Crippen LogP contribution in [0.25, 0.3) is 0 Å². The van der Waals surface area contributed by atoms with Crippen molar-refractivity contribution in [1.82, 2.24) is 10.2 Å². The number of methoxy groups -OCH3 is 2. The number of halogens is 2. The van der Waals surface area contributed by atoms with Crippen LogP contribution in [0, 0.1) is 0 Å². The highest BCUT2D eigenvalue weighted by Crippen LogP contribution is 2.46. The largest absolute Gasteiger partial charge is 0.870 e. The van der Waals surface area contributed by atoms with E-state index in [1.807, 2.05) is 42.5 Å². The van der Waals surface area contributed by atoms with Crippen LogP contribution in [0.1, 0.15) is 63.0 Å². The highest BCUT2D eigenvalue weighted by molar-refractivity contribution is 7.13. The molecule has 1 atom stereocenters. The van der Waals surface area contributed by atoms with Crippen LogP contribution in [0.15, 0.2) is 73.1 Å². The number of esters is 2. The minimum absolute atomic E-state index is 0. The van der Waals surface area contributed by atoms with Gasteiger partial charge in [0.15, 0.2) is 23.9 Å². The molecule has 1 aliphatic carbocycles. The van der Waals surface area contributed by atoms with E-state index in [2.05, 4.69) is 22.2 Å². The lowest BCUT2D eigenvalue weighted by Gasteiger charge is -2.47. The van der Waals surface area contributed by atoms with Crippen molar-refractivity contribution in [3.8, 4) is 11.5 Å². The molecule has 3 N–H and O–H groups in total. The summed E-state index contributed by atoms with van der Waals surface area (Å²) in [5, 5.41) is 4.47. The third kappa shape index (κ3) is 8.85. The average Bonchev–Trinajstić information content (AvgIpc) is 3.59. The van der Waals surface area contributed by atoms with Crippen LogP contribution < -0.4 is 19.8 Å². The number of benzene rings is 2. The Morgan fingerprint density at radius 2 is 1.67 bits per heavy atom. The lowest BCUT2D eigenvalue weighted by molar-refractivity contribution is -0.377. The number of nitrogens with zero attached hydrogens (tertiary/aromatic N) is 1. The molecule has 0 amide bonds. The van der Waals surface area contributed by atoms with Crippen LogP contribution in [0.5, 0.6) is 11.5 Å². The standard InChI is InChI=1S/C38H41Cl2N3O6S.H2O/c1-43-15-13-27(14-16-43)48-37(45)38(25-7-5-4-6-8-25)19-26(20-38)42-21-28-10-12-35(50-28)36(44)49-33(18-29-30(39)22-41-23-31(29)40)24-9-11-32(46-2)34(17-24)47-3;/h4-12,17,22-23,26-27,33,42H,13-16,18-21H2,1-3H3;1H2/t26?,33-,38?;/m0./s1. The highest BCUT2D eigenvalue weighted by Gasteiger charge is 2.53. The molecule has 6 rings (SSSR count). The average molecular weight is 757 g/mol. The van der Waals surface area contributed by atoms with Crippen molar-refractivity contribution in [3.63, 3.8) is 0 Å². The first-order valence-electron chi connectivity index (χ1n) is 16.7. The summed E-state index contributed by atoms with van der Waals surface area (Å²) in [6.07, 6.45) is 5.80. The van der Waals surface area contributed by atoms with Crippen LogP contribution in [0.3, 0.4) is 0 Å². The predicted octanol–water partition coefficient (Wildman–Crippen LogP) is 6.68. The van der Waals surface area contributed by atoms with E-state index in [1.54, 1.807) is 44.8 Å². The molecule has 2 aromatic heterocycles. The molecule has 1 saturated heterocycles. The van der Waals surface area contributed by atoms with E-state index in [9.17, 15) is 9.59 Å². The fourth-order valence-electron chi connectivity index (χ4n) is 6.72. The molecule has 1 aliphatic heterocycles. The summed E-state index contributed by atoms with van der Waals surface area (Å²) in [5.74, 6) is 0.483. The minimum atomic E-state index is -0.709. The fourth-order valence-corrected chi connectivity index (χ4v) is 8.10. The summed E-state index contributed by atoms with van der Waals surface area (Å²) in [6, 6.07) is 19.2. The third-order valence-corrected chi connectivity index (χ3v) is 11.4. The summed E-state index contributed by atoms with van der Waals surface area (Å²) in [4.78, 5) is 33.9. The van der Waals surface area contributed by atoms with E-state index in [-0.39, 0.29) is 30.0 Å². The van der Waals surface area contributed by atoms with Gasteiger partial charge in [0.05, 0.1) is 19.6 Å². The van der Waals surface area contributed by atoms with Gasteiger partial charge in [-0.1, -0.05) is 59.6 Å². The van der Waals surface area contributed by atoms with Gasteiger partial charge in [0.25, 0.3) is 0 Å². The van der Waals surface area contributed by atoms with Crippen LogP contribution in [0.4, 0.5) is 0 Å². The summed E-state index contributed by atoms with van der Waals surface area (Å²) < 4.78 is 23.1. The number of carbonyl (C=O) groups is 2. The van der Waals surface area contributed by atoms with Gasteiger partial charge >= 0.3 is 11.9 Å². The summed E-state index contributed by atoms with van der Waals surface area (Å²) >= 11 is 14.3. The van der Waals surface area contributed by atoms with E-state index < -0.39 is 17.5 Å². The lowest BCUT2D eigenvalue weighted by atomic mass is 9.61. The topological polar surface area (TPSA) is 130 Å². The molecule has 0 bridgehead atoms. The Kier molecular flexibility index (Phi) is 13.0. The van der Waals surface area contributed by atoms with E-state index in [0.717, 1.165) is 36.4 Å². The molecule has 2 fully saturated rings. The van der Waals surface area contributed by atoms with Gasteiger partial charge in [-0.25, -0.2) is 9.78 Å². The zero-order valence-corrected chi connectivity index (χ0v) is 31.2. The number of hydrogen-bond donors (Lipinski definition) is 1. The minimum Gasteiger partial charge on any atom is -0.870 e. The van der Waals surface area contributed by atoms with E-state index in [4.69, 9.17) is 42.1 Å². The number of thiophene rings is 1. The molecule has 0 spiro atoms. The smallest absolute Gasteiger partial charge is 0.348 e. The van der Waals surface area contributed by atoms with Crippen LogP contribution in [0.2, 0.25) is 10.0 Å². The lowest BCUT2D eigenvalue weighted by Crippen LogP contribution is -2.57. The Hall–Kier alpha value is -3.71. The molecule has 3 heterocycles. The molecule has 13 heteroatoms. The third-order valence-electron chi connectivity index (χ3n) is 9.69. The van der Waals surface area contributed by atoms with Crippen LogP contribution in [-0.4, -0.2) is 68.8 Å². The SMILES string of the molecule is COc1ccc([C@H](Cc2c(Cl)c[nH+]cc2Cl)OC(=O)c2ccc(CNC3CC(C(=O)OC4CCN(C)CC4)(c4ccccc4)C3)s2)cc1OC.[OH-].